The Bertz CT molecular complexity index is 1090. The zero-order chi connectivity index (χ0) is 24.6. The van der Waals surface area contributed by atoms with E-state index in [0.29, 0.717) is 12.2 Å². The molecule has 184 valence electrons. The van der Waals surface area contributed by atoms with E-state index < -0.39 is 40.5 Å². The van der Waals surface area contributed by atoms with Crippen LogP contribution in [0.1, 0.15) is 32.3 Å². The summed E-state index contributed by atoms with van der Waals surface area (Å²) in [7, 11) is 4.76. The lowest BCUT2D eigenvalue weighted by Gasteiger charge is -2.63. The van der Waals surface area contributed by atoms with Crippen LogP contribution in [0.2, 0.25) is 0 Å². The van der Waals surface area contributed by atoms with Crippen molar-refractivity contribution in [1.82, 2.24) is 4.90 Å². The summed E-state index contributed by atoms with van der Waals surface area (Å²) < 4.78 is 17.5. The van der Waals surface area contributed by atoms with Gasteiger partial charge < -0.3 is 24.2 Å². The minimum absolute atomic E-state index is 0.0849. The first-order valence-corrected chi connectivity index (χ1v) is 12.4. The number of nitrogens with zero attached hydrogens (tertiary/aromatic N) is 2. The van der Waals surface area contributed by atoms with E-state index in [9.17, 15) is 14.7 Å². The van der Waals surface area contributed by atoms with Crippen molar-refractivity contribution >= 4 is 33.6 Å². The molecule has 34 heavy (non-hydrogen) atoms. The summed E-state index contributed by atoms with van der Waals surface area (Å²) in [5.41, 5.74) is -1.54. The van der Waals surface area contributed by atoms with Crippen molar-refractivity contribution in [3.63, 3.8) is 0 Å². The summed E-state index contributed by atoms with van der Waals surface area (Å²) in [5, 5.41) is 12.5. The fraction of sp³-hybridized carbons (Fsp3) is 0.600. The van der Waals surface area contributed by atoms with Crippen LogP contribution in [-0.2, 0) is 24.5 Å². The van der Waals surface area contributed by atoms with Crippen LogP contribution < -0.4 is 9.64 Å². The fourth-order valence-electron chi connectivity index (χ4n) is 7.71. The summed E-state index contributed by atoms with van der Waals surface area (Å²) >= 11 is 3.65. The topological polar surface area (TPSA) is 88.5 Å². The third-order valence-corrected chi connectivity index (χ3v) is 9.30. The highest BCUT2D eigenvalue weighted by molar-refractivity contribution is 9.10. The van der Waals surface area contributed by atoms with Crippen LogP contribution in [0, 0.1) is 5.41 Å². The van der Waals surface area contributed by atoms with Gasteiger partial charge in [0.2, 0.25) is 5.60 Å². The predicted octanol–water partition coefficient (Wildman–Crippen LogP) is 2.40. The second-order valence-corrected chi connectivity index (χ2v) is 10.7. The second kappa shape index (κ2) is 7.70. The molecular formula is C25H31BrN2O6. The zero-order valence-corrected chi connectivity index (χ0v) is 21.7. The van der Waals surface area contributed by atoms with Crippen LogP contribution in [-0.4, -0.2) is 80.1 Å². The number of esters is 2. The van der Waals surface area contributed by atoms with Gasteiger partial charge in [-0.15, -0.1) is 0 Å². The van der Waals surface area contributed by atoms with Crippen molar-refractivity contribution in [3.05, 3.63) is 34.3 Å². The number of methoxy groups -OCH3 is 2. The number of fused-ring (bicyclic) bond motifs is 1. The number of halogens is 1. The molecule has 3 heterocycles. The van der Waals surface area contributed by atoms with Crippen molar-refractivity contribution in [2.45, 2.75) is 55.9 Å². The average molecular weight is 535 g/mol. The van der Waals surface area contributed by atoms with Crippen molar-refractivity contribution in [3.8, 4) is 5.75 Å². The molecule has 0 radical (unpaired) electrons. The monoisotopic (exact) mass is 534 g/mol. The van der Waals surface area contributed by atoms with Gasteiger partial charge in [-0.05, 0) is 46.9 Å². The first-order valence-electron chi connectivity index (χ1n) is 11.6. The van der Waals surface area contributed by atoms with Gasteiger partial charge in [-0.25, -0.2) is 4.79 Å². The number of carbonyl (C=O) groups is 2. The minimum atomic E-state index is -2.10. The third kappa shape index (κ3) is 2.61. The van der Waals surface area contributed by atoms with Gasteiger partial charge >= 0.3 is 11.9 Å². The van der Waals surface area contributed by atoms with E-state index in [1.165, 1.54) is 14.0 Å². The standard InChI is InChI=1S/C25H31BrN2O6/c1-6-23-8-7-10-28-11-9-24(19(23)28)15-12-16(26)18(32-4)13-17(15)27(3)20(24)25(31,22(30)33-5)21(23)34-14(2)29/h7-8,12-13,19-21,31H,6,9-11H2,1-5H3/t19-,20+,21-,23-,24+,25+/m1/s1. The number of aliphatic hydroxyl groups is 1. The molecule has 8 nitrogen and oxygen atoms in total. The highest BCUT2D eigenvalue weighted by Crippen LogP contribution is 2.67. The van der Waals surface area contributed by atoms with Crippen LogP contribution in [0.3, 0.4) is 0 Å². The van der Waals surface area contributed by atoms with Gasteiger partial charge in [0, 0.05) is 49.1 Å². The number of carbonyl (C=O) groups excluding carboxylic acids is 2. The van der Waals surface area contributed by atoms with Gasteiger partial charge in [0.25, 0.3) is 0 Å². The Labute approximate surface area is 207 Å². The lowest BCUT2D eigenvalue weighted by Crippen LogP contribution is -2.81. The van der Waals surface area contributed by atoms with E-state index in [2.05, 4.69) is 39.0 Å². The molecule has 1 N–H and O–H groups in total. The molecule has 9 heteroatoms. The minimum Gasteiger partial charge on any atom is -0.495 e. The molecule has 1 saturated heterocycles. The number of ether oxygens (including phenoxy) is 3. The first-order chi connectivity index (χ1) is 16.1. The second-order valence-electron chi connectivity index (χ2n) is 9.88. The Morgan fingerprint density at radius 3 is 2.62 bits per heavy atom. The molecule has 0 bridgehead atoms. The number of hydrogen-bond acceptors (Lipinski definition) is 8. The molecule has 0 unspecified atom stereocenters. The lowest BCUT2D eigenvalue weighted by atomic mass is 9.47. The van der Waals surface area contributed by atoms with E-state index in [1.807, 2.05) is 24.9 Å². The van der Waals surface area contributed by atoms with E-state index in [-0.39, 0.29) is 6.04 Å². The molecule has 0 aromatic heterocycles. The molecule has 0 amide bonds. The number of benzene rings is 1. The summed E-state index contributed by atoms with van der Waals surface area (Å²) in [6.07, 6.45) is 4.34. The van der Waals surface area contributed by atoms with Gasteiger partial charge in [-0.1, -0.05) is 19.1 Å². The fourth-order valence-corrected chi connectivity index (χ4v) is 8.22. The van der Waals surface area contributed by atoms with Gasteiger partial charge in [0.15, 0.2) is 6.10 Å². The Balaban J connectivity index is 1.88. The van der Waals surface area contributed by atoms with Crippen LogP contribution >= 0.6 is 15.9 Å². The summed E-state index contributed by atoms with van der Waals surface area (Å²) in [4.78, 5) is 30.3. The Hall–Kier alpha value is -2.10. The first kappa shape index (κ1) is 23.6. The van der Waals surface area contributed by atoms with Crippen LogP contribution in [0.15, 0.2) is 28.8 Å². The molecule has 4 aliphatic rings. The highest BCUT2D eigenvalue weighted by atomic mass is 79.9. The normalized spacial score (nSPS) is 37.6. The zero-order valence-electron chi connectivity index (χ0n) is 20.1. The largest absolute Gasteiger partial charge is 0.495 e. The van der Waals surface area contributed by atoms with Crippen molar-refractivity contribution in [1.29, 1.82) is 0 Å². The van der Waals surface area contributed by atoms with E-state index in [1.54, 1.807) is 7.11 Å². The summed E-state index contributed by atoms with van der Waals surface area (Å²) in [5.74, 6) is -0.671. The van der Waals surface area contributed by atoms with E-state index >= 15 is 0 Å². The number of rotatable bonds is 4. The molecule has 1 aromatic rings. The van der Waals surface area contributed by atoms with Crippen LogP contribution in [0.4, 0.5) is 5.69 Å². The smallest absolute Gasteiger partial charge is 0.344 e. The highest BCUT2D eigenvalue weighted by Gasteiger charge is 2.80. The predicted molar refractivity (Wildman–Crippen MR) is 129 cm³/mol. The SMILES string of the molecule is CC[C@]12C=CCN3CC[C@]4(c5cc(Br)c(OC)cc5N(C)[C@@H]4[C@@](O)(C(=O)OC)[C@@H]1OC(C)=O)[C@H]32. The van der Waals surface area contributed by atoms with Gasteiger partial charge in [0.1, 0.15) is 5.75 Å². The molecule has 2 fully saturated rings. The molecule has 1 aliphatic carbocycles. The summed E-state index contributed by atoms with van der Waals surface area (Å²) in [6, 6.07) is 3.22. The molecule has 6 atom stereocenters. The van der Waals surface area contributed by atoms with E-state index in [4.69, 9.17) is 14.2 Å². The summed E-state index contributed by atoms with van der Waals surface area (Å²) in [6.45, 7) is 4.91. The van der Waals surface area contributed by atoms with Crippen molar-refractivity contribution < 1.29 is 28.9 Å². The maximum absolute atomic E-state index is 13.6. The average Bonchev–Trinajstić information content (AvgIpc) is 3.32. The maximum atomic E-state index is 13.6. The Morgan fingerprint density at radius 2 is 2.00 bits per heavy atom. The van der Waals surface area contributed by atoms with Gasteiger partial charge in [-0.2, -0.15) is 0 Å². The molecule has 5 rings (SSSR count). The lowest BCUT2D eigenvalue weighted by molar-refractivity contribution is -0.228. The van der Waals surface area contributed by atoms with Crippen LogP contribution in [0.25, 0.3) is 0 Å². The van der Waals surface area contributed by atoms with Crippen molar-refractivity contribution in [2.75, 3.05) is 39.3 Å². The van der Waals surface area contributed by atoms with Crippen LogP contribution in [0.5, 0.6) is 5.75 Å². The Kier molecular flexibility index (Phi) is 5.35. The number of anilines is 1. The molecular weight excluding hydrogens is 504 g/mol. The molecule has 1 saturated carbocycles. The third-order valence-electron chi connectivity index (χ3n) is 8.68. The molecule has 1 aromatic carbocycles. The van der Waals surface area contributed by atoms with Gasteiger partial charge in [-0.3, -0.25) is 9.69 Å². The molecule has 1 spiro atoms. The van der Waals surface area contributed by atoms with E-state index in [0.717, 1.165) is 35.2 Å². The number of likely N-dealkylation sites (N-methyl/N-ethyl adjacent to an activating group) is 1. The maximum Gasteiger partial charge on any atom is 0.344 e. The number of hydrogen-bond donors (Lipinski definition) is 1. The molecule has 3 aliphatic heterocycles. The Morgan fingerprint density at radius 1 is 1.26 bits per heavy atom. The quantitative estimate of drug-likeness (QED) is 0.465. The van der Waals surface area contributed by atoms with Gasteiger partial charge in [0.05, 0.1) is 24.7 Å². The van der Waals surface area contributed by atoms with Crippen molar-refractivity contribution in [2.24, 2.45) is 5.41 Å².